The van der Waals surface area contributed by atoms with Gasteiger partial charge in [0, 0.05) is 10.9 Å². The van der Waals surface area contributed by atoms with Crippen LogP contribution in [0.2, 0.25) is 0 Å². The van der Waals surface area contributed by atoms with Gasteiger partial charge in [-0.1, -0.05) is 0 Å². The Kier molecular flexibility index (Phi) is 2.82. The molecule has 1 heterocycles. The van der Waals surface area contributed by atoms with Gasteiger partial charge in [-0.2, -0.15) is 0 Å². The summed E-state index contributed by atoms with van der Waals surface area (Å²) in [6.07, 6.45) is 0. The molecule has 5 heteroatoms. The SMILES string of the molecule is COC(=O)c1ccc2[nH]c(C(=O)OC)cc2c1. The number of esters is 2. The number of aromatic amines is 1. The standard InChI is InChI=1S/C12H11NO4/c1-16-11(14)7-3-4-9-8(5-7)6-10(13-9)12(15)17-2/h3-6,13H,1-2H3. The molecule has 2 aromatic rings. The van der Waals surface area contributed by atoms with Crippen molar-refractivity contribution in [3.05, 3.63) is 35.5 Å². The number of rotatable bonds is 2. The zero-order valence-electron chi connectivity index (χ0n) is 9.44. The summed E-state index contributed by atoms with van der Waals surface area (Å²) in [5.41, 5.74) is 1.55. The molecular formula is C12H11NO4. The lowest BCUT2D eigenvalue weighted by Crippen LogP contribution is -2.00. The Labute approximate surface area is 97.3 Å². The number of aromatic nitrogens is 1. The Balaban J connectivity index is 2.48. The molecule has 0 atom stereocenters. The fourth-order valence-corrected chi connectivity index (χ4v) is 1.60. The van der Waals surface area contributed by atoms with Crippen molar-refractivity contribution >= 4 is 22.8 Å². The topological polar surface area (TPSA) is 68.4 Å². The first-order valence-electron chi connectivity index (χ1n) is 4.95. The number of hydrogen-bond donors (Lipinski definition) is 1. The van der Waals surface area contributed by atoms with Crippen LogP contribution in [0.4, 0.5) is 0 Å². The van der Waals surface area contributed by atoms with E-state index in [9.17, 15) is 9.59 Å². The van der Waals surface area contributed by atoms with Gasteiger partial charge in [0.2, 0.25) is 0 Å². The third-order valence-corrected chi connectivity index (χ3v) is 2.45. The van der Waals surface area contributed by atoms with Gasteiger partial charge < -0.3 is 14.5 Å². The molecule has 0 radical (unpaired) electrons. The second kappa shape index (κ2) is 4.29. The molecule has 1 aromatic carbocycles. The minimum Gasteiger partial charge on any atom is -0.465 e. The van der Waals surface area contributed by atoms with Gasteiger partial charge in [0.1, 0.15) is 5.69 Å². The van der Waals surface area contributed by atoms with Gasteiger partial charge in [-0.05, 0) is 24.3 Å². The van der Waals surface area contributed by atoms with Gasteiger partial charge in [0.05, 0.1) is 19.8 Å². The van der Waals surface area contributed by atoms with Crippen molar-refractivity contribution in [2.24, 2.45) is 0 Å². The van der Waals surface area contributed by atoms with Gasteiger partial charge in [0.15, 0.2) is 0 Å². The molecule has 1 N–H and O–H groups in total. The summed E-state index contributed by atoms with van der Waals surface area (Å²) in [6, 6.07) is 6.64. The summed E-state index contributed by atoms with van der Waals surface area (Å²) in [5, 5.41) is 0.758. The van der Waals surface area contributed by atoms with Crippen molar-refractivity contribution in [1.82, 2.24) is 4.98 Å². The monoisotopic (exact) mass is 233 g/mol. The van der Waals surface area contributed by atoms with E-state index in [1.54, 1.807) is 24.3 Å². The number of nitrogens with one attached hydrogen (secondary N) is 1. The van der Waals surface area contributed by atoms with Crippen LogP contribution in [0.3, 0.4) is 0 Å². The number of carbonyl (C=O) groups excluding carboxylic acids is 2. The first-order chi connectivity index (χ1) is 8.15. The quantitative estimate of drug-likeness (QED) is 0.802. The smallest absolute Gasteiger partial charge is 0.354 e. The van der Waals surface area contributed by atoms with Gasteiger partial charge in [-0.15, -0.1) is 0 Å². The van der Waals surface area contributed by atoms with Crippen molar-refractivity contribution in [2.75, 3.05) is 14.2 Å². The van der Waals surface area contributed by atoms with E-state index in [0.717, 1.165) is 10.9 Å². The molecule has 0 aliphatic heterocycles. The summed E-state index contributed by atoms with van der Waals surface area (Å²) in [4.78, 5) is 25.5. The summed E-state index contributed by atoms with van der Waals surface area (Å²) >= 11 is 0. The zero-order chi connectivity index (χ0) is 12.4. The number of fused-ring (bicyclic) bond motifs is 1. The summed E-state index contributed by atoms with van der Waals surface area (Å²) in [6.45, 7) is 0. The molecule has 0 aliphatic carbocycles. The first kappa shape index (κ1) is 11.2. The number of methoxy groups -OCH3 is 2. The fourth-order valence-electron chi connectivity index (χ4n) is 1.60. The molecule has 0 bridgehead atoms. The minimum absolute atomic E-state index is 0.351. The predicted molar refractivity (Wildman–Crippen MR) is 61.0 cm³/mol. The van der Waals surface area contributed by atoms with Gasteiger partial charge in [-0.25, -0.2) is 9.59 Å². The lowest BCUT2D eigenvalue weighted by molar-refractivity contribution is 0.0589. The number of benzene rings is 1. The Morgan fingerprint density at radius 2 is 1.76 bits per heavy atom. The molecule has 88 valence electrons. The van der Waals surface area contributed by atoms with Crippen molar-refractivity contribution < 1.29 is 19.1 Å². The molecule has 2 rings (SSSR count). The second-order valence-electron chi connectivity index (χ2n) is 3.47. The van der Waals surface area contributed by atoms with Crippen LogP contribution in [0.5, 0.6) is 0 Å². The van der Waals surface area contributed by atoms with Crippen molar-refractivity contribution in [3.8, 4) is 0 Å². The Morgan fingerprint density at radius 1 is 1.06 bits per heavy atom. The van der Waals surface area contributed by atoms with E-state index in [1.165, 1.54) is 14.2 Å². The number of ether oxygens (including phenoxy) is 2. The molecule has 0 amide bonds. The average Bonchev–Trinajstić information content (AvgIpc) is 2.79. The van der Waals surface area contributed by atoms with Crippen LogP contribution in [0, 0.1) is 0 Å². The molecule has 0 aliphatic rings. The molecular weight excluding hydrogens is 222 g/mol. The van der Waals surface area contributed by atoms with Gasteiger partial charge in [0.25, 0.3) is 0 Å². The summed E-state index contributed by atoms with van der Waals surface area (Å²) < 4.78 is 9.22. The molecule has 0 spiro atoms. The third kappa shape index (κ3) is 1.99. The van der Waals surface area contributed by atoms with Crippen LogP contribution in [-0.2, 0) is 9.47 Å². The van der Waals surface area contributed by atoms with Crippen LogP contribution in [-0.4, -0.2) is 31.1 Å². The Hall–Kier alpha value is -2.30. The third-order valence-electron chi connectivity index (χ3n) is 2.45. The first-order valence-corrected chi connectivity index (χ1v) is 4.95. The highest BCUT2D eigenvalue weighted by Crippen LogP contribution is 2.18. The van der Waals surface area contributed by atoms with E-state index in [1.807, 2.05) is 0 Å². The highest BCUT2D eigenvalue weighted by atomic mass is 16.5. The number of hydrogen-bond acceptors (Lipinski definition) is 4. The maximum absolute atomic E-state index is 11.3. The van der Waals surface area contributed by atoms with E-state index in [-0.39, 0.29) is 0 Å². The molecule has 0 saturated carbocycles. The van der Waals surface area contributed by atoms with Gasteiger partial charge >= 0.3 is 11.9 Å². The van der Waals surface area contributed by atoms with Crippen LogP contribution < -0.4 is 0 Å². The molecule has 17 heavy (non-hydrogen) atoms. The highest BCUT2D eigenvalue weighted by molar-refractivity contribution is 5.98. The van der Waals surface area contributed by atoms with Crippen LogP contribution in [0.1, 0.15) is 20.8 Å². The predicted octanol–water partition coefficient (Wildman–Crippen LogP) is 1.74. The van der Waals surface area contributed by atoms with Crippen LogP contribution in [0.25, 0.3) is 10.9 Å². The highest BCUT2D eigenvalue weighted by Gasteiger charge is 2.11. The van der Waals surface area contributed by atoms with Crippen molar-refractivity contribution in [1.29, 1.82) is 0 Å². The lowest BCUT2D eigenvalue weighted by Gasteiger charge is -1.98. The van der Waals surface area contributed by atoms with Crippen molar-refractivity contribution in [3.63, 3.8) is 0 Å². The Morgan fingerprint density at radius 3 is 2.41 bits per heavy atom. The summed E-state index contributed by atoms with van der Waals surface area (Å²) in [5.74, 6) is -0.853. The average molecular weight is 233 g/mol. The minimum atomic E-state index is -0.444. The molecule has 0 saturated heterocycles. The Bertz CT molecular complexity index is 571. The van der Waals surface area contributed by atoms with E-state index >= 15 is 0 Å². The zero-order valence-corrected chi connectivity index (χ0v) is 9.44. The van der Waals surface area contributed by atoms with E-state index in [2.05, 4.69) is 14.5 Å². The van der Waals surface area contributed by atoms with Crippen LogP contribution >= 0.6 is 0 Å². The molecule has 5 nitrogen and oxygen atoms in total. The fraction of sp³-hybridized carbons (Fsp3) is 0.167. The number of H-pyrrole nitrogens is 1. The lowest BCUT2D eigenvalue weighted by atomic mass is 10.1. The van der Waals surface area contributed by atoms with Gasteiger partial charge in [-0.3, -0.25) is 0 Å². The van der Waals surface area contributed by atoms with E-state index in [4.69, 9.17) is 0 Å². The van der Waals surface area contributed by atoms with E-state index in [0.29, 0.717) is 11.3 Å². The molecule has 0 fully saturated rings. The maximum Gasteiger partial charge on any atom is 0.354 e. The normalized spacial score (nSPS) is 10.2. The van der Waals surface area contributed by atoms with E-state index < -0.39 is 11.9 Å². The molecule has 0 unspecified atom stereocenters. The molecule has 1 aromatic heterocycles. The second-order valence-corrected chi connectivity index (χ2v) is 3.47. The van der Waals surface area contributed by atoms with Crippen LogP contribution in [0.15, 0.2) is 24.3 Å². The maximum atomic E-state index is 11.3. The van der Waals surface area contributed by atoms with Crippen molar-refractivity contribution in [2.45, 2.75) is 0 Å². The largest absolute Gasteiger partial charge is 0.465 e. The number of carbonyl (C=O) groups is 2. The summed E-state index contributed by atoms with van der Waals surface area (Å²) in [7, 11) is 2.64.